The summed E-state index contributed by atoms with van der Waals surface area (Å²) in [4.78, 5) is 22.0. The molecule has 1 fully saturated rings. The van der Waals surface area contributed by atoms with Gasteiger partial charge >= 0.3 is 49.7 Å². The molecule has 0 heterocycles. The molecule has 3 atom stereocenters. The average Bonchev–Trinajstić information content (AvgIpc) is 2.17. The standard InChI is InChI=1S/C11H18O4.2Li.2H/c1-2-4-7-5-3-6-8(10(12)13)9(7)11(14)15;;;;/h7-9H,2-6H2,1H3,(H,12,13)(H,14,15);;;;. The van der Waals surface area contributed by atoms with Crippen LogP contribution >= 0.6 is 0 Å². The van der Waals surface area contributed by atoms with E-state index in [0.717, 1.165) is 25.7 Å². The molecule has 1 rings (SSSR count). The Kier molecular flexibility index (Phi) is 10.4. The van der Waals surface area contributed by atoms with Crippen LogP contribution in [0.15, 0.2) is 0 Å². The van der Waals surface area contributed by atoms with E-state index in [1.54, 1.807) is 0 Å². The van der Waals surface area contributed by atoms with E-state index in [1.165, 1.54) is 0 Å². The van der Waals surface area contributed by atoms with Crippen molar-refractivity contribution in [1.82, 2.24) is 0 Å². The van der Waals surface area contributed by atoms with Crippen molar-refractivity contribution >= 4 is 49.7 Å². The van der Waals surface area contributed by atoms with Gasteiger partial charge in [-0.25, -0.2) is 0 Å². The Morgan fingerprint density at radius 2 is 1.71 bits per heavy atom. The quantitative estimate of drug-likeness (QED) is 0.697. The summed E-state index contributed by atoms with van der Waals surface area (Å²) >= 11 is 0. The zero-order chi connectivity index (χ0) is 11.4. The van der Waals surface area contributed by atoms with Crippen LogP contribution in [0.1, 0.15) is 39.0 Å². The van der Waals surface area contributed by atoms with Crippen LogP contribution in [0.3, 0.4) is 0 Å². The Bertz CT molecular complexity index is 256. The van der Waals surface area contributed by atoms with E-state index in [0.29, 0.717) is 6.42 Å². The van der Waals surface area contributed by atoms with Crippen molar-refractivity contribution in [3.8, 4) is 0 Å². The average molecular weight is 230 g/mol. The molecule has 1 saturated carbocycles. The molecule has 0 bridgehead atoms. The number of rotatable bonds is 4. The molecule has 0 saturated heterocycles. The van der Waals surface area contributed by atoms with E-state index in [2.05, 4.69) is 0 Å². The summed E-state index contributed by atoms with van der Waals surface area (Å²) < 4.78 is 0. The molecule has 0 aliphatic heterocycles. The summed E-state index contributed by atoms with van der Waals surface area (Å²) in [5, 5.41) is 18.1. The van der Waals surface area contributed by atoms with Crippen molar-refractivity contribution in [2.45, 2.75) is 39.0 Å². The van der Waals surface area contributed by atoms with E-state index in [4.69, 9.17) is 10.2 Å². The predicted octanol–water partition coefficient (Wildman–Crippen LogP) is 0.691. The van der Waals surface area contributed by atoms with Gasteiger partial charge in [-0.1, -0.05) is 19.8 Å². The molecular formula is C11H20Li2O4. The molecule has 0 aromatic rings. The van der Waals surface area contributed by atoms with Gasteiger partial charge in [0.2, 0.25) is 0 Å². The van der Waals surface area contributed by atoms with E-state index in [1.807, 2.05) is 6.92 Å². The van der Waals surface area contributed by atoms with Gasteiger partial charge < -0.3 is 10.2 Å². The maximum absolute atomic E-state index is 11.1. The number of hydrogen-bond donors (Lipinski definition) is 2. The van der Waals surface area contributed by atoms with E-state index < -0.39 is 23.8 Å². The number of carboxylic acids is 2. The Balaban J connectivity index is 0. The first-order chi connectivity index (χ1) is 7.07. The van der Waals surface area contributed by atoms with Crippen LogP contribution in [-0.2, 0) is 9.59 Å². The third-order valence-electron chi connectivity index (χ3n) is 3.29. The molecule has 0 radical (unpaired) electrons. The van der Waals surface area contributed by atoms with Crippen molar-refractivity contribution in [3.63, 3.8) is 0 Å². The van der Waals surface area contributed by atoms with E-state index >= 15 is 0 Å². The monoisotopic (exact) mass is 230 g/mol. The van der Waals surface area contributed by atoms with Crippen LogP contribution in [-0.4, -0.2) is 59.9 Å². The fourth-order valence-electron chi connectivity index (χ4n) is 2.63. The van der Waals surface area contributed by atoms with Crippen molar-refractivity contribution in [2.75, 3.05) is 0 Å². The molecular weight excluding hydrogens is 210 g/mol. The first kappa shape index (κ1) is 19.5. The third kappa shape index (κ3) is 5.10. The Morgan fingerprint density at radius 1 is 1.12 bits per heavy atom. The van der Waals surface area contributed by atoms with Gasteiger partial charge in [0.05, 0.1) is 11.8 Å². The zero-order valence-corrected chi connectivity index (χ0v) is 8.98. The summed E-state index contributed by atoms with van der Waals surface area (Å²) in [5.41, 5.74) is 0. The molecule has 6 heteroatoms. The van der Waals surface area contributed by atoms with Gasteiger partial charge in [0.1, 0.15) is 0 Å². The van der Waals surface area contributed by atoms with E-state index in [9.17, 15) is 9.59 Å². The van der Waals surface area contributed by atoms with Crippen molar-refractivity contribution < 1.29 is 19.8 Å². The van der Waals surface area contributed by atoms with Crippen LogP contribution in [0.4, 0.5) is 0 Å². The molecule has 1 aliphatic rings. The Hall–Kier alpha value is 0.135. The molecule has 0 aromatic heterocycles. The van der Waals surface area contributed by atoms with Crippen molar-refractivity contribution in [1.29, 1.82) is 0 Å². The molecule has 0 spiro atoms. The molecule has 1 aliphatic carbocycles. The number of hydrogen-bond acceptors (Lipinski definition) is 2. The van der Waals surface area contributed by atoms with Crippen molar-refractivity contribution in [2.24, 2.45) is 17.8 Å². The summed E-state index contributed by atoms with van der Waals surface area (Å²) in [6.07, 6.45) is 3.94. The van der Waals surface area contributed by atoms with Gasteiger partial charge in [-0.2, -0.15) is 0 Å². The molecule has 2 N–H and O–H groups in total. The topological polar surface area (TPSA) is 74.6 Å². The van der Waals surface area contributed by atoms with Gasteiger partial charge in [-0.05, 0) is 25.2 Å². The maximum atomic E-state index is 11.1. The van der Waals surface area contributed by atoms with Gasteiger partial charge in [-0.3, -0.25) is 9.59 Å². The molecule has 3 unspecified atom stereocenters. The second-order valence-corrected chi connectivity index (χ2v) is 4.29. The SMILES string of the molecule is CCCC1CCCC(C(=O)O)C1C(=O)O.[LiH].[LiH]. The number of carbonyl (C=O) groups is 2. The minimum atomic E-state index is -0.955. The minimum absolute atomic E-state index is 0. The molecule has 0 amide bonds. The summed E-state index contributed by atoms with van der Waals surface area (Å²) in [6, 6.07) is 0. The Morgan fingerprint density at radius 3 is 2.12 bits per heavy atom. The fourth-order valence-corrected chi connectivity index (χ4v) is 2.63. The van der Waals surface area contributed by atoms with Crippen LogP contribution in [0.5, 0.6) is 0 Å². The zero-order valence-electron chi connectivity index (χ0n) is 8.98. The molecule has 17 heavy (non-hydrogen) atoms. The van der Waals surface area contributed by atoms with Gasteiger partial charge in [0, 0.05) is 0 Å². The van der Waals surface area contributed by atoms with Gasteiger partial charge in [0.15, 0.2) is 0 Å². The Labute approximate surface area is 126 Å². The van der Waals surface area contributed by atoms with Crippen LogP contribution < -0.4 is 0 Å². The molecule has 0 aromatic carbocycles. The number of aliphatic carboxylic acids is 2. The molecule has 4 nitrogen and oxygen atoms in total. The van der Waals surface area contributed by atoms with Crippen LogP contribution in [0.25, 0.3) is 0 Å². The summed E-state index contributed by atoms with van der Waals surface area (Å²) in [7, 11) is 0. The summed E-state index contributed by atoms with van der Waals surface area (Å²) in [5.74, 6) is -3.23. The molecule has 90 valence electrons. The normalized spacial score (nSPS) is 27.5. The first-order valence-corrected chi connectivity index (χ1v) is 5.53. The summed E-state index contributed by atoms with van der Waals surface area (Å²) in [6.45, 7) is 2.00. The number of carboxylic acid groups (broad SMARTS) is 2. The van der Waals surface area contributed by atoms with Crippen LogP contribution in [0.2, 0.25) is 0 Å². The fraction of sp³-hybridized carbons (Fsp3) is 0.818. The van der Waals surface area contributed by atoms with Gasteiger partial charge in [-0.15, -0.1) is 0 Å². The third-order valence-corrected chi connectivity index (χ3v) is 3.29. The second-order valence-electron chi connectivity index (χ2n) is 4.29. The second kappa shape index (κ2) is 9.12. The van der Waals surface area contributed by atoms with Crippen molar-refractivity contribution in [3.05, 3.63) is 0 Å². The van der Waals surface area contributed by atoms with E-state index in [-0.39, 0.29) is 43.6 Å². The van der Waals surface area contributed by atoms with Crippen LogP contribution in [0, 0.1) is 17.8 Å². The predicted molar refractivity (Wildman–Crippen MR) is 68.8 cm³/mol. The first-order valence-electron chi connectivity index (χ1n) is 5.53. The van der Waals surface area contributed by atoms with Gasteiger partial charge in [0.25, 0.3) is 0 Å².